The van der Waals surface area contributed by atoms with Gasteiger partial charge in [-0.1, -0.05) is 19.3 Å². The summed E-state index contributed by atoms with van der Waals surface area (Å²) >= 11 is 0. The summed E-state index contributed by atoms with van der Waals surface area (Å²) in [6, 6.07) is 3.10. The summed E-state index contributed by atoms with van der Waals surface area (Å²) in [6.45, 7) is 5.73. The Balaban J connectivity index is 1.70. The van der Waals surface area contributed by atoms with Crippen LogP contribution in [0.1, 0.15) is 38.5 Å². The fourth-order valence-corrected chi connectivity index (χ4v) is 3.01. The van der Waals surface area contributed by atoms with Crippen LogP contribution in [0.25, 0.3) is 0 Å². The van der Waals surface area contributed by atoms with Crippen LogP contribution in [-0.2, 0) is 0 Å². The standard InChI is InChI=1S/C13H23N3/c14-7-4-8-15-9-11-16(12-10-15)13-5-2-1-3-6-13/h13H,1-6,8-12H2. The second-order valence-electron chi connectivity index (χ2n) is 5.08. The molecule has 2 rings (SSSR count). The zero-order valence-corrected chi connectivity index (χ0v) is 10.2. The molecular formula is C13H23N3. The second kappa shape index (κ2) is 6.22. The Morgan fingerprint density at radius 3 is 2.31 bits per heavy atom. The van der Waals surface area contributed by atoms with Crippen molar-refractivity contribution in [3.63, 3.8) is 0 Å². The van der Waals surface area contributed by atoms with Gasteiger partial charge in [0.05, 0.1) is 6.07 Å². The lowest BCUT2D eigenvalue weighted by Gasteiger charge is -2.40. The normalized spacial score (nSPS) is 25.4. The number of hydrogen-bond acceptors (Lipinski definition) is 3. The van der Waals surface area contributed by atoms with Crippen molar-refractivity contribution in [2.75, 3.05) is 32.7 Å². The van der Waals surface area contributed by atoms with E-state index in [0.29, 0.717) is 6.42 Å². The Morgan fingerprint density at radius 2 is 1.69 bits per heavy atom. The Labute approximate surface area is 99.0 Å². The van der Waals surface area contributed by atoms with Gasteiger partial charge in [-0.15, -0.1) is 0 Å². The van der Waals surface area contributed by atoms with Gasteiger partial charge in [0.25, 0.3) is 0 Å². The van der Waals surface area contributed by atoms with Crippen LogP contribution in [-0.4, -0.2) is 48.6 Å². The van der Waals surface area contributed by atoms with Crippen LogP contribution in [0.15, 0.2) is 0 Å². The molecule has 1 aliphatic heterocycles. The summed E-state index contributed by atoms with van der Waals surface area (Å²) in [6.07, 6.45) is 7.82. The van der Waals surface area contributed by atoms with E-state index in [4.69, 9.17) is 5.26 Å². The molecule has 1 saturated carbocycles. The molecule has 0 bridgehead atoms. The molecule has 0 radical (unpaired) electrons. The van der Waals surface area contributed by atoms with Gasteiger partial charge in [-0.05, 0) is 12.8 Å². The van der Waals surface area contributed by atoms with Crippen molar-refractivity contribution in [2.45, 2.75) is 44.6 Å². The van der Waals surface area contributed by atoms with Crippen LogP contribution < -0.4 is 0 Å². The van der Waals surface area contributed by atoms with Crippen LogP contribution in [0.4, 0.5) is 0 Å². The molecule has 0 atom stereocenters. The number of hydrogen-bond donors (Lipinski definition) is 0. The summed E-state index contributed by atoms with van der Waals surface area (Å²) < 4.78 is 0. The molecule has 90 valence electrons. The molecule has 16 heavy (non-hydrogen) atoms. The van der Waals surface area contributed by atoms with Gasteiger partial charge < -0.3 is 0 Å². The molecule has 2 fully saturated rings. The minimum atomic E-state index is 0.684. The molecule has 1 heterocycles. The van der Waals surface area contributed by atoms with Crippen LogP contribution in [0.2, 0.25) is 0 Å². The fourth-order valence-electron chi connectivity index (χ4n) is 3.01. The van der Waals surface area contributed by atoms with Crippen molar-refractivity contribution in [1.29, 1.82) is 5.26 Å². The monoisotopic (exact) mass is 221 g/mol. The Kier molecular flexibility index (Phi) is 4.62. The zero-order valence-electron chi connectivity index (χ0n) is 10.2. The summed E-state index contributed by atoms with van der Waals surface area (Å²) in [5.74, 6) is 0. The van der Waals surface area contributed by atoms with Crippen molar-refractivity contribution < 1.29 is 0 Å². The van der Waals surface area contributed by atoms with Crippen LogP contribution in [0.3, 0.4) is 0 Å². The van der Waals surface area contributed by atoms with E-state index in [1.165, 1.54) is 45.2 Å². The molecule has 3 nitrogen and oxygen atoms in total. The quantitative estimate of drug-likeness (QED) is 0.728. The van der Waals surface area contributed by atoms with Crippen molar-refractivity contribution in [1.82, 2.24) is 9.80 Å². The zero-order chi connectivity index (χ0) is 11.2. The Bertz CT molecular complexity index is 232. The third-order valence-corrected chi connectivity index (χ3v) is 4.04. The van der Waals surface area contributed by atoms with Crippen LogP contribution in [0, 0.1) is 11.3 Å². The van der Waals surface area contributed by atoms with Crippen molar-refractivity contribution >= 4 is 0 Å². The molecule has 1 saturated heterocycles. The summed E-state index contributed by atoms with van der Waals surface area (Å²) in [4.78, 5) is 5.12. The van der Waals surface area contributed by atoms with Gasteiger partial charge in [-0.3, -0.25) is 9.80 Å². The van der Waals surface area contributed by atoms with Gasteiger partial charge in [0, 0.05) is 45.2 Å². The van der Waals surface area contributed by atoms with Gasteiger partial charge in [-0.2, -0.15) is 5.26 Å². The fraction of sp³-hybridized carbons (Fsp3) is 0.923. The minimum absolute atomic E-state index is 0.684. The highest BCUT2D eigenvalue weighted by Crippen LogP contribution is 2.23. The maximum atomic E-state index is 8.57. The lowest BCUT2D eigenvalue weighted by molar-refractivity contribution is 0.0801. The van der Waals surface area contributed by atoms with Crippen molar-refractivity contribution in [2.24, 2.45) is 0 Å². The average Bonchev–Trinajstić information content (AvgIpc) is 2.38. The third kappa shape index (κ3) is 3.20. The van der Waals surface area contributed by atoms with Crippen LogP contribution in [0.5, 0.6) is 0 Å². The van der Waals surface area contributed by atoms with E-state index in [0.717, 1.165) is 25.7 Å². The lowest BCUT2D eigenvalue weighted by atomic mass is 9.94. The maximum Gasteiger partial charge on any atom is 0.0635 e. The van der Waals surface area contributed by atoms with Gasteiger partial charge >= 0.3 is 0 Å². The number of nitriles is 1. The van der Waals surface area contributed by atoms with Crippen LogP contribution >= 0.6 is 0 Å². The molecule has 3 heteroatoms. The Morgan fingerprint density at radius 1 is 1.00 bits per heavy atom. The smallest absolute Gasteiger partial charge is 0.0635 e. The van der Waals surface area contributed by atoms with Gasteiger partial charge in [0.2, 0.25) is 0 Å². The first kappa shape index (κ1) is 11.9. The molecule has 0 aromatic carbocycles. The van der Waals surface area contributed by atoms with E-state index in [2.05, 4.69) is 15.9 Å². The summed E-state index contributed by atoms with van der Waals surface area (Å²) in [7, 11) is 0. The molecule has 0 N–H and O–H groups in total. The minimum Gasteiger partial charge on any atom is -0.300 e. The topological polar surface area (TPSA) is 30.3 Å². The summed E-state index contributed by atoms with van der Waals surface area (Å²) in [5.41, 5.74) is 0. The van der Waals surface area contributed by atoms with Gasteiger partial charge in [0.15, 0.2) is 0 Å². The first-order valence-electron chi connectivity index (χ1n) is 6.73. The largest absolute Gasteiger partial charge is 0.300 e. The average molecular weight is 221 g/mol. The van der Waals surface area contributed by atoms with E-state index >= 15 is 0 Å². The van der Waals surface area contributed by atoms with E-state index < -0.39 is 0 Å². The predicted molar refractivity (Wildman–Crippen MR) is 65.1 cm³/mol. The molecular weight excluding hydrogens is 198 g/mol. The molecule has 1 aliphatic carbocycles. The number of nitrogens with zero attached hydrogens (tertiary/aromatic N) is 3. The van der Waals surface area contributed by atoms with Crippen molar-refractivity contribution in [3.8, 4) is 6.07 Å². The predicted octanol–water partition coefficient (Wildman–Crippen LogP) is 1.85. The Hall–Kier alpha value is -0.590. The number of piperazine rings is 1. The molecule has 0 spiro atoms. The van der Waals surface area contributed by atoms with E-state index in [1.54, 1.807) is 0 Å². The SMILES string of the molecule is N#CCCN1CCN(C2CCCCC2)CC1. The van der Waals surface area contributed by atoms with E-state index in [-0.39, 0.29) is 0 Å². The number of rotatable bonds is 3. The maximum absolute atomic E-state index is 8.57. The lowest BCUT2D eigenvalue weighted by Crippen LogP contribution is -2.50. The van der Waals surface area contributed by atoms with E-state index in [1.807, 2.05) is 0 Å². The molecule has 2 aliphatic rings. The van der Waals surface area contributed by atoms with Gasteiger partial charge in [0.1, 0.15) is 0 Å². The highest BCUT2D eigenvalue weighted by atomic mass is 15.3. The van der Waals surface area contributed by atoms with Gasteiger partial charge in [-0.25, -0.2) is 0 Å². The second-order valence-corrected chi connectivity index (χ2v) is 5.08. The highest BCUT2D eigenvalue weighted by Gasteiger charge is 2.24. The third-order valence-electron chi connectivity index (χ3n) is 4.04. The first-order valence-corrected chi connectivity index (χ1v) is 6.73. The molecule has 0 aromatic rings. The first-order chi connectivity index (χ1) is 7.90. The van der Waals surface area contributed by atoms with Crippen molar-refractivity contribution in [3.05, 3.63) is 0 Å². The molecule has 0 unspecified atom stereocenters. The summed E-state index contributed by atoms with van der Waals surface area (Å²) in [5, 5.41) is 8.57. The van der Waals surface area contributed by atoms with E-state index in [9.17, 15) is 0 Å². The molecule has 0 aromatic heterocycles. The molecule has 0 amide bonds. The highest BCUT2D eigenvalue weighted by molar-refractivity contribution is 4.82.